The first-order valence-electron chi connectivity index (χ1n) is 9.21. The number of nitrogens with zero attached hydrogens (tertiary/aromatic N) is 2. The number of hydrogen-bond acceptors (Lipinski definition) is 3. The lowest BCUT2D eigenvalue weighted by atomic mass is 10.0. The molecule has 1 aliphatic heterocycles. The van der Waals surface area contributed by atoms with Gasteiger partial charge in [-0.25, -0.2) is 4.58 Å². The van der Waals surface area contributed by atoms with Crippen molar-refractivity contribution in [2.75, 3.05) is 4.31 Å². The summed E-state index contributed by atoms with van der Waals surface area (Å²) in [6.07, 6.45) is 0. The van der Waals surface area contributed by atoms with Gasteiger partial charge in [-0.3, -0.25) is 0 Å². The molecule has 0 aliphatic carbocycles. The molecule has 3 aromatic carbocycles. The first kappa shape index (κ1) is 18.7. The highest BCUT2D eigenvalue weighted by Gasteiger charge is 2.40. The number of hydrogen-bond donors (Lipinski definition) is 0. The van der Waals surface area contributed by atoms with E-state index in [2.05, 4.69) is 0 Å². The SMILES string of the molecule is Cc1cc(C)cc(C2=[N+](C(C)C)c3cccc4cccc(c34)N2S(=O)(=O)[O-])c1. The third kappa shape index (κ3) is 2.89. The van der Waals surface area contributed by atoms with Gasteiger partial charge < -0.3 is 4.55 Å². The van der Waals surface area contributed by atoms with Gasteiger partial charge >= 0.3 is 5.84 Å². The highest BCUT2D eigenvalue weighted by atomic mass is 32.2. The Labute approximate surface area is 165 Å². The third-order valence-electron chi connectivity index (χ3n) is 4.98. The maximum Gasteiger partial charge on any atom is 0.304 e. The van der Waals surface area contributed by atoms with Gasteiger partial charge in [0.05, 0.1) is 17.0 Å². The Bertz CT molecular complexity index is 1220. The molecule has 5 nitrogen and oxygen atoms in total. The minimum Gasteiger partial charge on any atom is -0.713 e. The van der Waals surface area contributed by atoms with Gasteiger partial charge in [-0.05, 0) is 68.5 Å². The lowest BCUT2D eigenvalue weighted by Gasteiger charge is -2.30. The minimum atomic E-state index is -4.80. The fourth-order valence-corrected chi connectivity index (χ4v) is 4.91. The third-order valence-corrected chi connectivity index (χ3v) is 5.80. The van der Waals surface area contributed by atoms with Crippen LogP contribution in [0.3, 0.4) is 0 Å². The number of rotatable bonds is 3. The molecule has 0 radical (unpaired) electrons. The topological polar surface area (TPSA) is 63.5 Å². The summed E-state index contributed by atoms with van der Waals surface area (Å²) in [5.74, 6) is 0.378. The van der Waals surface area contributed by atoms with Crippen LogP contribution >= 0.6 is 0 Å². The molecule has 28 heavy (non-hydrogen) atoms. The molecule has 4 rings (SSSR count). The Balaban J connectivity index is 2.22. The molecule has 3 aromatic rings. The van der Waals surface area contributed by atoms with Crippen molar-refractivity contribution in [3.63, 3.8) is 0 Å². The smallest absolute Gasteiger partial charge is 0.304 e. The van der Waals surface area contributed by atoms with Crippen LogP contribution in [0, 0.1) is 13.8 Å². The van der Waals surface area contributed by atoms with Gasteiger partial charge in [0.15, 0.2) is 5.69 Å². The fourth-order valence-electron chi connectivity index (χ4n) is 4.11. The lowest BCUT2D eigenvalue weighted by Crippen LogP contribution is -2.45. The van der Waals surface area contributed by atoms with E-state index in [9.17, 15) is 13.0 Å². The van der Waals surface area contributed by atoms with Gasteiger partial charge in [0.25, 0.3) is 10.3 Å². The summed E-state index contributed by atoms with van der Waals surface area (Å²) in [4.78, 5) is 0. The first-order valence-corrected chi connectivity index (χ1v) is 10.6. The summed E-state index contributed by atoms with van der Waals surface area (Å²) in [7, 11) is -4.80. The molecule has 1 aliphatic rings. The van der Waals surface area contributed by atoms with Crippen molar-refractivity contribution in [3.8, 4) is 0 Å². The normalized spacial score (nSPS) is 14.3. The minimum absolute atomic E-state index is 0.0565. The number of benzene rings is 3. The molecular formula is C22H22N2O3S. The average Bonchev–Trinajstić information content (AvgIpc) is 2.59. The van der Waals surface area contributed by atoms with Crippen LogP contribution in [0.4, 0.5) is 11.4 Å². The van der Waals surface area contributed by atoms with E-state index in [0.29, 0.717) is 17.1 Å². The van der Waals surface area contributed by atoms with Crippen LogP contribution in [0.2, 0.25) is 0 Å². The Hall–Kier alpha value is -2.70. The van der Waals surface area contributed by atoms with Gasteiger partial charge in [0.1, 0.15) is 5.69 Å². The van der Waals surface area contributed by atoms with E-state index < -0.39 is 10.3 Å². The van der Waals surface area contributed by atoms with E-state index in [4.69, 9.17) is 0 Å². The van der Waals surface area contributed by atoms with Crippen LogP contribution in [0.1, 0.15) is 30.5 Å². The molecule has 0 atom stereocenters. The molecule has 0 unspecified atom stereocenters. The van der Waals surface area contributed by atoms with Crippen LogP contribution in [0.15, 0.2) is 54.6 Å². The zero-order valence-electron chi connectivity index (χ0n) is 16.3. The summed E-state index contributed by atoms with van der Waals surface area (Å²) in [5.41, 5.74) is 4.02. The number of amidine groups is 1. The molecule has 0 fully saturated rings. The second kappa shape index (κ2) is 6.43. The summed E-state index contributed by atoms with van der Waals surface area (Å²) in [5, 5.41) is 1.67. The molecule has 0 saturated heterocycles. The molecule has 6 heteroatoms. The molecule has 0 spiro atoms. The van der Waals surface area contributed by atoms with Gasteiger partial charge in [0, 0.05) is 0 Å². The van der Waals surface area contributed by atoms with Crippen LogP contribution in [-0.2, 0) is 10.3 Å². The molecule has 0 aromatic heterocycles. The molecule has 0 saturated carbocycles. The molecule has 0 N–H and O–H groups in total. The molecule has 144 valence electrons. The quantitative estimate of drug-likeness (QED) is 0.493. The predicted molar refractivity (Wildman–Crippen MR) is 111 cm³/mol. The van der Waals surface area contributed by atoms with Gasteiger partial charge in [0.2, 0.25) is 0 Å². The van der Waals surface area contributed by atoms with Crippen molar-refractivity contribution in [1.29, 1.82) is 0 Å². The molecule has 0 amide bonds. The Morgan fingerprint density at radius 2 is 1.57 bits per heavy atom. The van der Waals surface area contributed by atoms with Crippen LogP contribution in [0.5, 0.6) is 0 Å². The van der Waals surface area contributed by atoms with Gasteiger partial charge in [-0.1, -0.05) is 30.3 Å². The van der Waals surface area contributed by atoms with Gasteiger partial charge in [-0.2, -0.15) is 8.42 Å². The highest BCUT2D eigenvalue weighted by Crippen LogP contribution is 2.41. The second-order valence-corrected chi connectivity index (χ2v) is 8.76. The summed E-state index contributed by atoms with van der Waals surface area (Å²) in [6.45, 7) is 7.91. The van der Waals surface area contributed by atoms with Crippen molar-refractivity contribution >= 4 is 38.3 Å². The maximum atomic E-state index is 12.5. The zero-order valence-corrected chi connectivity index (χ0v) is 17.1. The molecule has 1 heterocycles. The fraction of sp³-hybridized carbons (Fsp3) is 0.227. The first-order chi connectivity index (χ1) is 13.2. The van der Waals surface area contributed by atoms with Crippen molar-refractivity contribution in [3.05, 3.63) is 71.3 Å². The number of anilines is 1. The Kier molecular flexibility index (Phi) is 4.28. The van der Waals surface area contributed by atoms with Crippen LogP contribution in [-0.4, -0.2) is 29.4 Å². The lowest BCUT2D eigenvalue weighted by molar-refractivity contribution is -0.475. The van der Waals surface area contributed by atoms with Crippen molar-refractivity contribution in [2.24, 2.45) is 0 Å². The Morgan fingerprint density at radius 3 is 2.14 bits per heavy atom. The number of aryl methyl sites for hydroxylation is 2. The van der Waals surface area contributed by atoms with E-state index in [1.54, 1.807) is 12.1 Å². The van der Waals surface area contributed by atoms with E-state index >= 15 is 0 Å². The largest absolute Gasteiger partial charge is 0.713 e. The Morgan fingerprint density at radius 1 is 0.964 bits per heavy atom. The van der Waals surface area contributed by atoms with Crippen molar-refractivity contribution in [2.45, 2.75) is 33.7 Å². The van der Waals surface area contributed by atoms with E-state index in [-0.39, 0.29) is 6.04 Å². The monoisotopic (exact) mass is 394 g/mol. The second-order valence-electron chi connectivity index (χ2n) is 7.54. The standard InChI is InChI=1S/C22H22N2O3S/c1-14(2)23-19-9-5-7-17-8-6-10-20(21(17)19)24(28(25,26)27)22(23)18-12-15(3)11-16(4)13-18/h5-14H,1-4H3. The average molecular weight is 394 g/mol. The predicted octanol–water partition coefficient (Wildman–Crippen LogP) is 4.24. The summed E-state index contributed by atoms with van der Waals surface area (Å²) >= 11 is 0. The van der Waals surface area contributed by atoms with E-state index in [1.165, 1.54) is 0 Å². The zero-order chi connectivity index (χ0) is 20.2. The van der Waals surface area contributed by atoms with Crippen LogP contribution < -0.4 is 4.31 Å². The van der Waals surface area contributed by atoms with E-state index in [0.717, 1.165) is 31.9 Å². The highest BCUT2D eigenvalue weighted by molar-refractivity contribution is 7.88. The van der Waals surface area contributed by atoms with Crippen molar-refractivity contribution in [1.82, 2.24) is 0 Å². The summed E-state index contributed by atoms with van der Waals surface area (Å²) in [6, 6.07) is 17.1. The van der Waals surface area contributed by atoms with Crippen LogP contribution in [0.25, 0.3) is 10.8 Å². The molecular weight excluding hydrogens is 372 g/mol. The molecule has 0 bridgehead atoms. The summed E-state index contributed by atoms with van der Waals surface area (Å²) < 4.78 is 40.3. The maximum absolute atomic E-state index is 12.5. The van der Waals surface area contributed by atoms with Crippen molar-refractivity contribution < 1.29 is 17.5 Å². The van der Waals surface area contributed by atoms with E-state index in [1.807, 2.05) is 74.7 Å². The van der Waals surface area contributed by atoms with Gasteiger partial charge in [-0.15, -0.1) is 4.31 Å².